The molecule has 1 aromatic rings. The van der Waals surface area contributed by atoms with Crippen LogP contribution in [0.15, 0.2) is 29.2 Å². The smallest absolute Gasteiger partial charge is 0.243 e. The SMILES string of the molecule is CCCCNC(=O)CN1CCN(S(=O)(=O)c2ccc(F)cc2)CC1. The van der Waals surface area contributed by atoms with Crippen LogP contribution < -0.4 is 5.32 Å². The number of hydrogen-bond donors (Lipinski definition) is 1. The number of benzene rings is 1. The Morgan fingerprint density at radius 1 is 1.17 bits per heavy atom. The average Bonchev–Trinajstić information content (AvgIpc) is 2.56. The molecule has 134 valence electrons. The van der Waals surface area contributed by atoms with Crippen molar-refractivity contribution in [2.24, 2.45) is 0 Å². The van der Waals surface area contributed by atoms with Crippen molar-refractivity contribution in [3.05, 3.63) is 30.1 Å². The highest BCUT2D eigenvalue weighted by Gasteiger charge is 2.28. The average molecular weight is 357 g/mol. The minimum absolute atomic E-state index is 0.0294. The molecule has 0 aliphatic carbocycles. The largest absolute Gasteiger partial charge is 0.355 e. The standard InChI is InChI=1S/C16H24FN3O3S/c1-2-3-8-18-16(21)13-19-9-11-20(12-10-19)24(22,23)15-6-4-14(17)5-7-15/h4-7H,2-3,8-13H2,1H3,(H,18,21). The van der Waals surface area contributed by atoms with Crippen molar-refractivity contribution >= 4 is 15.9 Å². The Morgan fingerprint density at radius 2 is 1.79 bits per heavy atom. The number of halogens is 1. The van der Waals surface area contributed by atoms with Gasteiger partial charge < -0.3 is 5.32 Å². The predicted octanol–water partition coefficient (Wildman–Crippen LogP) is 1.05. The third-order valence-electron chi connectivity index (χ3n) is 4.00. The van der Waals surface area contributed by atoms with E-state index in [1.54, 1.807) is 0 Å². The van der Waals surface area contributed by atoms with Crippen LogP contribution in [0.1, 0.15) is 19.8 Å². The maximum atomic E-state index is 12.9. The first-order valence-corrected chi connectivity index (χ1v) is 9.62. The fraction of sp³-hybridized carbons (Fsp3) is 0.562. The summed E-state index contributed by atoms with van der Waals surface area (Å²) in [6, 6.07) is 4.84. The zero-order chi connectivity index (χ0) is 17.6. The molecule has 8 heteroatoms. The van der Waals surface area contributed by atoms with E-state index in [4.69, 9.17) is 0 Å². The van der Waals surface area contributed by atoms with Gasteiger partial charge in [0, 0.05) is 32.7 Å². The number of amides is 1. The van der Waals surface area contributed by atoms with Crippen molar-refractivity contribution < 1.29 is 17.6 Å². The third-order valence-corrected chi connectivity index (χ3v) is 5.92. The molecule has 1 N–H and O–H groups in total. The molecule has 6 nitrogen and oxygen atoms in total. The summed E-state index contributed by atoms with van der Waals surface area (Å²) in [5.41, 5.74) is 0. The first-order valence-electron chi connectivity index (χ1n) is 8.18. The first kappa shape index (κ1) is 18.8. The molecule has 0 atom stereocenters. The quantitative estimate of drug-likeness (QED) is 0.741. The minimum Gasteiger partial charge on any atom is -0.355 e. The second-order valence-electron chi connectivity index (χ2n) is 5.84. The Balaban J connectivity index is 1.85. The van der Waals surface area contributed by atoms with Gasteiger partial charge in [0.25, 0.3) is 0 Å². The Morgan fingerprint density at radius 3 is 2.38 bits per heavy atom. The number of carbonyl (C=O) groups excluding carboxylic acids is 1. The van der Waals surface area contributed by atoms with Crippen LogP contribution in [-0.2, 0) is 14.8 Å². The van der Waals surface area contributed by atoms with Crippen molar-refractivity contribution in [3.63, 3.8) is 0 Å². The van der Waals surface area contributed by atoms with E-state index in [2.05, 4.69) is 12.2 Å². The molecule has 1 aliphatic rings. The molecule has 1 aromatic carbocycles. The first-order chi connectivity index (χ1) is 11.4. The molecule has 24 heavy (non-hydrogen) atoms. The molecule has 1 amide bonds. The van der Waals surface area contributed by atoms with E-state index in [0.717, 1.165) is 25.0 Å². The molecule has 0 bridgehead atoms. The van der Waals surface area contributed by atoms with E-state index in [-0.39, 0.29) is 17.3 Å². The van der Waals surface area contributed by atoms with Gasteiger partial charge in [-0.05, 0) is 30.7 Å². The molecule has 0 saturated carbocycles. The lowest BCUT2D eigenvalue weighted by atomic mass is 10.3. The molecule has 1 saturated heterocycles. The van der Waals surface area contributed by atoms with Crippen LogP contribution in [0.5, 0.6) is 0 Å². The second-order valence-corrected chi connectivity index (χ2v) is 7.78. The highest BCUT2D eigenvalue weighted by atomic mass is 32.2. The van der Waals surface area contributed by atoms with Gasteiger partial charge in [-0.3, -0.25) is 9.69 Å². The number of hydrogen-bond acceptors (Lipinski definition) is 4. The zero-order valence-electron chi connectivity index (χ0n) is 13.9. The Kier molecular flexibility index (Phi) is 6.70. The number of rotatable bonds is 7. The van der Waals surface area contributed by atoms with Gasteiger partial charge in [-0.2, -0.15) is 4.31 Å². The second kappa shape index (κ2) is 8.55. The van der Waals surface area contributed by atoms with E-state index >= 15 is 0 Å². The highest BCUT2D eigenvalue weighted by Crippen LogP contribution is 2.17. The summed E-state index contributed by atoms with van der Waals surface area (Å²) in [6.07, 6.45) is 1.98. The van der Waals surface area contributed by atoms with Gasteiger partial charge in [0.05, 0.1) is 11.4 Å². The Labute approximate surface area is 142 Å². The molecular formula is C16H24FN3O3S. The van der Waals surface area contributed by atoms with E-state index < -0.39 is 15.8 Å². The van der Waals surface area contributed by atoms with E-state index in [1.165, 1.54) is 16.4 Å². The van der Waals surface area contributed by atoms with Gasteiger partial charge >= 0.3 is 0 Å². The van der Waals surface area contributed by atoms with Gasteiger partial charge in [-0.1, -0.05) is 13.3 Å². The lowest BCUT2D eigenvalue weighted by molar-refractivity contribution is -0.122. The molecule has 0 radical (unpaired) electrons. The monoisotopic (exact) mass is 357 g/mol. The summed E-state index contributed by atoms with van der Waals surface area (Å²) in [4.78, 5) is 13.8. The van der Waals surface area contributed by atoms with Crippen LogP contribution in [0.25, 0.3) is 0 Å². The predicted molar refractivity (Wildman–Crippen MR) is 89.5 cm³/mol. The van der Waals surface area contributed by atoms with Gasteiger partial charge in [0.1, 0.15) is 5.82 Å². The normalized spacial score (nSPS) is 16.9. The van der Waals surface area contributed by atoms with Gasteiger partial charge in [-0.15, -0.1) is 0 Å². The lowest BCUT2D eigenvalue weighted by Crippen LogP contribution is -2.51. The molecular weight excluding hydrogens is 333 g/mol. The fourth-order valence-electron chi connectivity index (χ4n) is 2.55. The number of nitrogens with one attached hydrogen (secondary N) is 1. The summed E-state index contributed by atoms with van der Waals surface area (Å²) < 4.78 is 39.3. The fourth-order valence-corrected chi connectivity index (χ4v) is 3.97. The van der Waals surface area contributed by atoms with Crippen molar-refractivity contribution in [2.75, 3.05) is 39.3 Å². The van der Waals surface area contributed by atoms with Gasteiger partial charge in [0.2, 0.25) is 15.9 Å². The summed E-state index contributed by atoms with van der Waals surface area (Å²) >= 11 is 0. The van der Waals surface area contributed by atoms with Gasteiger partial charge in [0.15, 0.2) is 0 Å². The highest BCUT2D eigenvalue weighted by molar-refractivity contribution is 7.89. The summed E-state index contributed by atoms with van der Waals surface area (Å²) in [5, 5.41) is 2.86. The number of piperazine rings is 1. The van der Waals surface area contributed by atoms with Crippen molar-refractivity contribution in [1.29, 1.82) is 0 Å². The number of carbonyl (C=O) groups is 1. The van der Waals surface area contributed by atoms with E-state index in [9.17, 15) is 17.6 Å². The summed E-state index contributed by atoms with van der Waals surface area (Å²) in [6.45, 7) is 4.67. The third kappa shape index (κ3) is 4.99. The number of sulfonamides is 1. The zero-order valence-corrected chi connectivity index (χ0v) is 14.7. The molecule has 1 aliphatic heterocycles. The van der Waals surface area contributed by atoms with Crippen molar-refractivity contribution in [1.82, 2.24) is 14.5 Å². The topological polar surface area (TPSA) is 69.7 Å². The van der Waals surface area contributed by atoms with Crippen LogP contribution in [0, 0.1) is 5.82 Å². The molecule has 0 unspecified atom stereocenters. The summed E-state index contributed by atoms with van der Waals surface area (Å²) in [7, 11) is -3.61. The van der Waals surface area contributed by atoms with Gasteiger partial charge in [-0.25, -0.2) is 12.8 Å². The van der Waals surface area contributed by atoms with Crippen LogP contribution in [-0.4, -0.2) is 62.8 Å². The van der Waals surface area contributed by atoms with E-state index in [0.29, 0.717) is 32.7 Å². The molecule has 0 aromatic heterocycles. The van der Waals surface area contributed by atoms with Crippen LogP contribution in [0.3, 0.4) is 0 Å². The summed E-state index contributed by atoms with van der Waals surface area (Å²) in [5.74, 6) is -0.494. The number of nitrogens with zero attached hydrogens (tertiary/aromatic N) is 2. The molecule has 1 heterocycles. The lowest BCUT2D eigenvalue weighted by Gasteiger charge is -2.33. The molecule has 2 rings (SSSR count). The molecule has 0 spiro atoms. The van der Waals surface area contributed by atoms with Crippen LogP contribution in [0.4, 0.5) is 4.39 Å². The maximum absolute atomic E-state index is 12.9. The van der Waals surface area contributed by atoms with E-state index in [1.807, 2.05) is 4.90 Å². The number of unbranched alkanes of at least 4 members (excludes halogenated alkanes) is 1. The molecule has 1 fully saturated rings. The maximum Gasteiger partial charge on any atom is 0.243 e. The van der Waals surface area contributed by atoms with Crippen LogP contribution >= 0.6 is 0 Å². The van der Waals surface area contributed by atoms with Crippen LogP contribution in [0.2, 0.25) is 0 Å². The van der Waals surface area contributed by atoms with Crippen molar-refractivity contribution in [2.45, 2.75) is 24.7 Å². The van der Waals surface area contributed by atoms with Crippen molar-refractivity contribution in [3.8, 4) is 0 Å². The Bertz CT molecular complexity index is 641. The minimum atomic E-state index is -3.61. The Hall–Kier alpha value is -1.51.